The van der Waals surface area contributed by atoms with Crippen molar-refractivity contribution in [3.63, 3.8) is 0 Å². The summed E-state index contributed by atoms with van der Waals surface area (Å²) in [6, 6.07) is 14.0. The van der Waals surface area contributed by atoms with E-state index in [9.17, 15) is 9.59 Å². The molecule has 0 radical (unpaired) electrons. The summed E-state index contributed by atoms with van der Waals surface area (Å²) in [4.78, 5) is 25.0. The van der Waals surface area contributed by atoms with Gasteiger partial charge in [0.2, 0.25) is 0 Å². The molecule has 0 bridgehead atoms. The molecule has 5 nitrogen and oxygen atoms in total. The Balaban J connectivity index is 1.43. The second-order valence-corrected chi connectivity index (χ2v) is 7.85. The molecule has 1 heterocycles. The first-order valence-electron chi connectivity index (χ1n) is 10.1. The molecular formula is C23H27N3O2. The first kappa shape index (κ1) is 18.7. The van der Waals surface area contributed by atoms with Crippen LogP contribution in [0.2, 0.25) is 0 Å². The number of hydrogen-bond acceptors (Lipinski definition) is 3. The fourth-order valence-corrected chi connectivity index (χ4v) is 4.31. The minimum Gasteiger partial charge on any atom is -0.341 e. The standard InChI is InChI=1S/C23H27N3O2/c1-15-8-11-21(20-7-3-2-6-19(15)20)26-23(28)22(27)25-18-10-9-16-5-4-12-24-14-17(16)13-18/h2-3,6-7,9-10,13,15,21,24H,4-5,8,11-12,14H2,1H3,(H,25,27)(H,26,28). The maximum absolute atomic E-state index is 12.5. The predicted octanol–water partition coefficient (Wildman–Crippen LogP) is 3.42. The van der Waals surface area contributed by atoms with E-state index < -0.39 is 11.8 Å². The van der Waals surface area contributed by atoms with Crippen molar-refractivity contribution in [3.8, 4) is 0 Å². The number of fused-ring (bicyclic) bond motifs is 2. The number of hydrogen-bond donors (Lipinski definition) is 3. The third kappa shape index (κ3) is 3.94. The third-order valence-electron chi connectivity index (χ3n) is 5.88. The molecule has 5 heteroatoms. The lowest BCUT2D eigenvalue weighted by Crippen LogP contribution is -2.39. The van der Waals surface area contributed by atoms with Crippen LogP contribution in [0.5, 0.6) is 0 Å². The van der Waals surface area contributed by atoms with Gasteiger partial charge >= 0.3 is 11.8 Å². The summed E-state index contributed by atoms with van der Waals surface area (Å²) >= 11 is 0. The molecule has 1 aliphatic heterocycles. The van der Waals surface area contributed by atoms with Gasteiger partial charge in [-0.25, -0.2) is 0 Å². The monoisotopic (exact) mass is 377 g/mol. The largest absolute Gasteiger partial charge is 0.341 e. The molecule has 3 N–H and O–H groups in total. The number of benzene rings is 2. The first-order valence-corrected chi connectivity index (χ1v) is 10.1. The van der Waals surface area contributed by atoms with Crippen molar-refractivity contribution in [2.75, 3.05) is 11.9 Å². The van der Waals surface area contributed by atoms with Crippen molar-refractivity contribution in [1.29, 1.82) is 0 Å². The Hall–Kier alpha value is -2.66. The second-order valence-electron chi connectivity index (χ2n) is 7.85. The summed E-state index contributed by atoms with van der Waals surface area (Å²) in [5.41, 5.74) is 5.54. The Morgan fingerprint density at radius 1 is 1.00 bits per heavy atom. The van der Waals surface area contributed by atoms with Crippen molar-refractivity contribution in [2.24, 2.45) is 0 Å². The maximum Gasteiger partial charge on any atom is 0.313 e. The zero-order valence-electron chi connectivity index (χ0n) is 16.3. The maximum atomic E-state index is 12.5. The van der Waals surface area contributed by atoms with E-state index in [1.807, 2.05) is 30.3 Å². The van der Waals surface area contributed by atoms with Gasteiger partial charge in [0.05, 0.1) is 6.04 Å². The summed E-state index contributed by atoms with van der Waals surface area (Å²) in [5, 5.41) is 9.06. The van der Waals surface area contributed by atoms with E-state index in [-0.39, 0.29) is 6.04 Å². The van der Waals surface area contributed by atoms with Gasteiger partial charge in [-0.3, -0.25) is 9.59 Å². The molecule has 28 heavy (non-hydrogen) atoms. The lowest BCUT2D eigenvalue weighted by atomic mass is 9.81. The van der Waals surface area contributed by atoms with Gasteiger partial charge in [-0.15, -0.1) is 0 Å². The Morgan fingerprint density at radius 3 is 2.68 bits per heavy atom. The van der Waals surface area contributed by atoms with Crippen LogP contribution in [0.3, 0.4) is 0 Å². The van der Waals surface area contributed by atoms with Gasteiger partial charge in [-0.2, -0.15) is 0 Å². The van der Waals surface area contributed by atoms with E-state index in [4.69, 9.17) is 0 Å². The lowest BCUT2D eigenvalue weighted by Gasteiger charge is -2.30. The van der Waals surface area contributed by atoms with Gasteiger partial charge in [0, 0.05) is 12.2 Å². The quantitative estimate of drug-likeness (QED) is 0.703. The summed E-state index contributed by atoms with van der Waals surface area (Å²) in [5.74, 6) is -0.716. The minimum absolute atomic E-state index is 0.109. The van der Waals surface area contributed by atoms with Crippen LogP contribution in [0, 0.1) is 0 Å². The average Bonchev–Trinajstić information content (AvgIpc) is 2.95. The molecule has 2 aromatic carbocycles. The Morgan fingerprint density at radius 2 is 1.82 bits per heavy atom. The number of carbonyl (C=O) groups is 2. The number of rotatable bonds is 2. The molecule has 2 aromatic rings. The van der Waals surface area contributed by atoms with Crippen molar-refractivity contribution in [1.82, 2.24) is 10.6 Å². The SMILES string of the molecule is CC1CCC(NC(=O)C(=O)Nc2ccc3c(c2)CNCCC3)c2ccccc21. The van der Waals surface area contributed by atoms with Crippen LogP contribution >= 0.6 is 0 Å². The minimum atomic E-state index is -0.613. The molecule has 0 saturated carbocycles. The highest BCUT2D eigenvalue weighted by Gasteiger charge is 2.27. The van der Waals surface area contributed by atoms with Crippen LogP contribution in [0.25, 0.3) is 0 Å². The van der Waals surface area contributed by atoms with E-state index in [1.165, 1.54) is 16.7 Å². The third-order valence-corrected chi connectivity index (χ3v) is 5.88. The van der Waals surface area contributed by atoms with E-state index >= 15 is 0 Å². The summed E-state index contributed by atoms with van der Waals surface area (Å²) in [7, 11) is 0. The summed E-state index contributed by atoms with van der Waals surface area (Å²) in [6.45, 7) is 4.00. The molecular weight excluding hydrogens is 350 g/mol. The van der Waals surface area contributed by atoms with Crippen LogP contribution in [0.4, 0.5) is 5.69 Å². The van der Waals surface area contributed by atoms with Gasteiger partial charge < -0.3 is 16.0 Å². The average molecular weight is 377 g/mol. The molecule has 0 spiro atoms. The van der Waals surface area contributed by atoms with Gasteiger partial charge in [0.15, 0.2) is 0 Å². The van der Waals surface area contributed by atoms with Crippen molar-refractivity contribution in [2.45, 2.75) is 51.1 Å². The van der Waals surface area contributed by atoms with E-state index in [0.717, 1.165) is 44.3 Å². The summed E-state index contributed by atoms with van der Waals surface area (Å²) in [6.07, 6.45) is 4.00. The van der Waals surface area contributed by atoms with Gasteiger partial charge in [-0.1, -0.05) is 37.3 Å². The summed E-state index contributed by atoms with van der Waals surface area (Å²) < 4.78 is 0. The van der Waals surface area contributed by atoms with E-state index in [2.05, 4.69) is 35.0 Å². The number of amides is 2. The zero-order chi connectivity index (χ0) is 19.5. The molecule has 2 aliphatic rings. The highest BCUT2D eigenvalue weighted by molar-refractivity contribution is 6.39. The van der Waals surface area contributed by atoms with Gasteiger partial charge in [0.1, 0.15) is 0 Å². The van der Waals surface area contributed by atoms with Gasteiger partial charge in [0.25, 0.3) is 0 Å². The Labute approximate surface area is 165 Å². The van der Waals surface area contributed by atoms with Crippen LogP contribution < -0.4 is 16.0 Å². The second kappa shape index (κ2) is 8.15. The number of nitrogens with one attached hydrogen (secondary N) is 3. The van der Waals surface area contributed by atoms with Crippen LogP contribution in [0.1, 0.15) is 60.4 Å². The number of carbonyl (C=O) groups excluding carboxylic acids is 2. The molecule has 0 aromatic heterocycles. The Kier molecular flexibility index (Phi) is 5.44. The highest BCUT2D eigenvalue weighted by Crippen LogP contribution is 2.36. The molecule has 146 valence electrons. The molecule has 4 rings (SSSR count). The molecule has 2 amide bonds. The van der Waals surface area contributed by atoms with Crippen LogP contribution in [0.15, 0.2) is 42.5 Å². The zero-order valence-corrected chi connectivity index (χ0v) is 16.3. The van der Waals surface area contributed by atoms with Crippen molar-refractivity contribution in [3.05, 3.63) is 64.7 Å². The molecule has 2 atom stereocenters. The van der Waals surface area contributed by atoms with Gasteiger partial charge in [-0.05, 0) is 72.5 Å². The van der Waals surface area contributed by atoms with Crippen molar-refractivity contribution < 1.29 is 9.59 Å². The fourth-order valence-electron chi connectivity index (χ4n) is 4.31. The highest BCUT2D eigenvalue weighted by atomic mass is 16.2. The molecule has 0 saturated heterocycles. The number of anilines is 1. The van der Waals surface area contributed by atoms with Crippen LogP contribution in [-0.2, 0) is 22.6 Å². The van der Waals surface area contributed by atoms with E-state index in [1.54, 1.807) is 0 Å². The first-order chi connectivity index (χ1) is 13.6. The van der Waals surface area contributed by atoms with Crippen LogP contribution in [-0.4, -0.2) is 18.4 Å². The van der Waals surface area contributed by atoms with E-state index in [0.29, 0.717) is 11.6 Å². The normalized spacial score (nSPS) is 21.0. The predicted molar refractivity (Wildman–Crippen MR) is 110 cm³/mol. The lowest BCUT2D eigenvalue weighted by molar-refractivity contribution is -0.136. The smallest absolute Gasteiger partial charge is 0.313 e. The molecule has 1 aliphatic carbocycles. The molecule has 2 unspecified atom stereocenters. The fraction of sp³-hybridized carbons (Fsp3) is 0.391. The Bertz CT molecular complexity index is 893. The van der Waals surface area contributed by atoms with Crippen molar-refractivity contribution >= 4 is 17.5 Å². The topological polar surface area (TPSA) is 70.2 Å². The molecule has 0 fully saturated rings. The number of aryl methyl sites for hydroxylation is 1.